The number of carboxylic acid groups (broad SMARTS) is 3. The van der Waals surface area contributed by atoms with Crippen molar-refractivity contribution in [2.75, 3.05) is 32.7 Å². The molecule has 11 amide bonds. The average Bonchev–Trinajstić information content (AvgIpc) is 1.79. The summed E-state index contributed by atoms with van der Waals surface area (Å²) in [5.74, 6) is -15.8. The van der Waals surface area contributed by atoms with Gasteiger partial charge in [-0.15, -0.1) is 0 Å². The molecule has 4 rings (SSSR count). The number of rotatable bonds is 48. The number of phenolic OH excluding ortho intramolecular Hbond substituents is 2. The Morgan fingerprint density at radius 3 is 1.31 bits per heavy atom. The lowest BCUT2D eigenvalue weighted by Gasteiger charge is -2.32. The van der Waals surface area contributed by atoms with Gasteiger partial charge in [0.2, 0.25) is 65.0 Å². The summed E-state index contributed by atoms with van der Waals surface area (Å²) in [6.45, 7) is 10.6. The van der Waals surface area contributed by atoms with Gasteiger partial charge in [-0.2, -0.15) is 0 Å². The zero-order valence-electron chi connectivity index (χ0n) is 64.0. The summed E-state index contributed by atoms with van der Waals surface area (Å²) in [7, 11) is 0. The van der Waals surface area contributed by atoms with Crippen LogP contribution in [0.4, 0.5) is 0 Å². The van der Waals surface area contributed by atoms with E-state index in [2.05, 4.69) is 57.8 Å². The van der Waals surface area contributed by atoms with Crippen molar-refractivity contribution in [2.24, 2.45) is 62.1 Å². The number of carboxylic acids is 3. The molecule has 2 aromatic rings. The van der Waals surface area contributed by atoms with E-state index >= 15 is 4.79 Å². The Balaban J connectivity index is 1.65. The summed E-state index contributed by atoms with van der Waals surface area (Å²) < 4.78 is 0. The van der Waals surface area contributed by atoms with Gasteiger partial charge in [0.05, 0.1) is 12.5 Å². The maximum Gasteiger partial charge on any atom is 0.326 e. The number of amides is 11. The van der Waals surface area contributed by atoms with Gasteiger partial charge in [0.25, 0.3) is 0 Å². The second kappa shape index (κ2) is 46.6. The highest BCUT2D eigenvalue weighted by molar-refractivity contribution is 6.00. The van der Waals surface area contributed by atoms with Gasteiger partial charge in [0, 0.05) is 45.4 Å². The number of guanidine groups is 2. The number of phenols is 2. The third-order valence-corrected chi connectivity index (χ3v) is 18.9. The number of nitrogens with zero attached hydrogens (tertiary/aromatic N) is 4. The Kier molecular flexibility index (Phi) is 38.8. The Labute approximate surface area is 644 Å². The molecular formula is C73H115N19O19. The minimum atomic E-state index is -2.00. The van der Waals surface area contributed by atoms with Crippen LogP contribution in [0.5, 0.6) is 11.5 Å². The Morgan fingerprint density at radius 1 is 0.468 bits per heavy atom. The van der Waals surface area contributed by atoms with Gasteiger partial charge in [0.15, 0.2) is 11.9 Å². The Bertz CT molecular complexity index is 3560. The fourth-order valence-corrected chi connectivity index (χ4v) is 12.8. The molecule has 0 saturated carbocycles. The van der Waals surface area contributed by atoms with E-state index in [4.69, 9.17) is 34.4 Å². The van der Waals surface area contributed by atoms with Crippen LogP contribution >= 0.6 is 0 Å². The first-order valence-corrected chi connectivity index (χ1v) is 37.6. The zero-order valence-corrected chi connectivity index (χ0v) is 64.0. The van der Waals surface area contributed by atoms with Gasteiger partial charge < -0.3 is 118 Å². The normalized spacial score (nSPS) is 16.9. The molecule has 2 aromatic carbocycles. The fraction of sp³-hybridized carbons (Fsp3) is 0.616. The molecule has 26 N–H and O–H groups in total. The summed E-state index contributed by atoms with van der Waals surface area (Å²) in [5, 5.41) is 73.0. The lowest BCUT2D eigenvalue weighted by Crippen LogP contribution is -2.61. The molecule has 0 aliphatic carbocycles. The number of nitrogens with one attached hydrogen (secondary N) is 9. The molecule has 2 aliphatic heterocycles. The molecule has 2 heterocycles. The quantitative estimate of drug-likeness (QED) is 0.0183. The van der Waals surface area contributed by atoms with E-state index in [1.807, 2.05) is 13.8 Å². The monoisotopic (exact) mass is 1560 g/mol. The van der Waals surface area contributed by atoms with E-state index in [1.54, 1.807) is 27.7 Å². The van der Waals surface area contributed by atoms with Crippen LogP contribution in [0, 0.1) is 17.8 Å². The van der Waals surface area contributed by atoms with Gasteiger partial charge in [0.1, 0.15) is 78.0 Å². The van der Waals surface area contributed by atoms with E-state index in [0.29, 0.717) is 24.0 Å². The molecule has 0 bridgehead atoms. The molecule has 616 valence electrons. The fourth-order valence-electron chi connectivity index (χ4n) is 12.8. The molecule has 2 saturated heterocycles. The number of nitrogens with two attached hydrogens (primary N) is 6. The molecular weight excluding hydrogens is 1450 g/mol. The molecule has 0 unspecified atom stereocenters. The average molecular weight is 1560 g/mol. The predicted octanol–water partition coefficient (Wildman–Crippen LogP) is -2.65. The van der Waals surface area contributed by atoms with Crippen LogP contribution in [-0.2, 0) is 80.0 Å². The lowest BCUT2D eigenvalue weighted by molar-refractivity contribution is -0.144. The molecule has 38 heteroatoms. The molecule has 13 atom stereocenters. The van der Waals surface area contributed by atoms with Gasteiger partial charge in [-0.25, -0.2) is 4.79 Å². The van der Waals surface area contributed by atoms with Crippen LogP contribution < -0.4 is 82.3 Å². The Hall–Kier alpha value is -10.9. The first-order valence-electron chi connectivity index (χ1n) is 37.6. The predicted molar refractivity (Wildman–Crippen MR) is 406 cm³/mol. The molecule has 38 nitrogen and oxygen atoms in total. The minimum absolute atomic E-state index is 0.00988. The topological polar surface area (TPSA) is 636 Å². The number of hydrogen-bond acceptors (Lipinski definition) is 20. The van der Waals surface area contributed by atoms with Gasteiger partial charge in [-0.05, 0) is 150 Å². The Morgan fingerprint density at radius 2 is 0.865 bits per heavy atom. The maximum atomic E-state index is 15.1. The van der Waals surface area contributed by atoms with Gasteiger partial charge >= 0.3 is 17.9 Å². The maximum absolute atomic E-state index is 15.1. The standard InChI is InChI=1S/C73H115N19O19/c1-7-41(6)59(68(107)89-54(71(110)111)35-40(4)5)90-65(104)52(37-43-21-25-45(94)26-22-43)88-67(106)56-18-13-33-92(56)70(109)50(16-11-31-81-73(78)79)84-61(100)47(15-10-30-80-72(76)77)83-66(105)55-17-12-32-91(55)69(108)49(14-8-9-29-74)85-64(103)53(38-58(97)98)87-62(101)48(27-28-57(95)96)82-63(102)51(36-42-19-23-44(93)24-20-42)86-60(99)46(75)34-39(2)3/h19-26,39-41,46-56,59,93-94H,7-18,27-38,74-75H2,1-6H3,(H,82,102)(H,83,105)(H,84,100)(H,85,103)(H,86,99)(H,87,101)(H,88,106)(H,89,107)(H,90,104)(H,95,96)(H,97,98)(H,110,111)(H4,76,77,80)(H4,78,79,81)/t41-,46-,47-,48-,49-,50-,51-,52-,53-,54-,55-,56-,59-/m0/s1. The van der Waals surface area contributed by atoms with Crippen molar-refractivity contribution in [1.82, 2.24) is 57.7 Å². The first kappa shape index (κ1) is 92.5. The number of likely N-dealkylation sites (tertiary alicyclic amines) is 2. The highest BCUT2D eigenvalue weighted by Crippen LogP contribution is 2.25. The molecule has 2 fully saturated rings. The SMILES string of the molecule is CC[C@H](C)[C@H](NC(=O)[C@H](Cc1ccc(O)cc1)NC(=O)[C@@H]1CCCN1C(=O)[C@H](CCCN=C(N)N)NC(=O)[C@H](CCCN=C(N)N)NC(=O)[C@@H]1CCCN1C(=O)[C@H](CCCCN)NC(=O)[C@H](CC(=O)O)NC(=O)[C@H](CCC(=O)O)NC(=O)[C@H](Cc1ccc(O)cc1)NC(=O)[C@@H](N)CC(C)C)C(=O)N[C@@H](CC(C)C)C(=O)O. The first-order chi connectivity index (χ1) is 52.4. The number of carbonyl (C=O) groups excluding carboxylic acids is 11. The van der Waals surface area contributed by atoms with Crippen LogP contribution in [0.2, 0.25) is 0 Å². The highest BCUT2D eigenvalue weighted by atomic mass is 16.4. The van der Waals surface area contributed by atoms with E-state index in [9.17, 15) is 87.9 Å². The van der Waals surface area contributed by atoms with Gasteiger partial charge in [-0.1, -0.05) is 72.2 Å². The number of aliphatic carboxylic acids is 3. The number of hydrogen-bond donors (Lipinski definition) is 20. The number of unbranched alkanes of at least 4 members (excludes halogenated alkanes) is 1. The third-order valence-electron chi connectivity index (χ3n) is 18.9. The molecule has 2 aliphatic rings. The number of carbonyl (C=O) groups is 14. The van der Waals surface area contributed by atoms with Crippen LogP contribution in [0.25, 0.3) is 0 Å². The summed E-state index contributed by atoms with van der Waals surface area (Å²) in [5.41, 5.74) is 35.4. The third kappa shape index (κ3) is 31.9. The summed E-state index contributed by atoms with van der Waals surface area (Å²) >= 11 is 0. The van der Waals surface area contributed by atoms with Crippen molar-refractivity contribution in [2.45, 2.75) is 236 Å². The smallest absolute Gasteiger partial charge is 0.326 e. The molecule has 0 aromatic heterocycles. The minimum Gasteiger partial charge on any atom is -0.508 e. The van der Waals surface area contributed by atoms with Gasteiger partial charge in [-0.3, -0.25) is 72.3 Å². The van der Waals surface area contributed by atoms with Crippen LogP contribution in [0.3, 0.4) is 0 Å². The van der Waals surface area contributed by atoms with Crippen molar-refractivity contribution in [3.63, 3.8) is 0 Å². The van der Waals surface area contributed by atoms with Crippen molar-refractivity contribution in [3.8, 4) is 11.5 Å². The van der Waals surface area contributed by atoms with Crippen molar-refractivity contribution in [1.29, 1.82) is 0 Å². The number of benzene rings is 2. The molecule has 111 heavy (non-hydrogen) atoms. The number of aliphatic imine (C=N–C) groups is 2. The van der Waals surface area contributed by atoms with E-state index in [1.165, 1.54) is 53.4 Å². The van der Waals surface area contributed by atoms with E-state index in [0.717, 1.165) is 4.90 Å². The second-order valence-corrected chi connectivity index (χ2v) is 28.9. The largest absolute Gasteiger partial charge is 0.508 e. The molecule has 0 spiro atoms. The van der Waals surface area contributed by atoms with Crippen LogP contribution in [0.15, 0.2) is 58.5 Å². The second-order valence-electron chi connectivity index (χ2n) is 28.9. The summed E-state index contributed by atoms with van der Waals surface area (Å²) in [4.78, 5) is 206. The van der Waals surface area contributed by atoms with Crippen molar-refractivity contribution >= 4 is 94.8 Å². The summed E-state index contributed by atoms with van der Waals surface area (Å²) in [6, 6.07) is -6.01. The van der Waals surface area contributed by atoms with E-state index < -0.39 is 181 Å². The van der Waals surface area contributed by atoms with Crippen molar-refractivity contribution < 1.29 is 92.7 Å². The van der Waals surface area contributed by atoms with Crippen LogP contribution in [-0.4, -0.2) is 235 Å². The van der Waals surface area contributed by atoms with Crippen molar-refractivity contribution in [3.05, 3.63) is 59.7 Å². The number of aromatic hydroxyl groups is 2. The highest BCUT2D eigenvalue weighted by Gasteiger charge is 2.44. The lowest BCUT2D eigenvalue weighted by atomic mass is 9.96. The zero-order chi connectivity index (χ0) is 82.8. The van der Waals surface area contributed by atoms with Crippen LogP contribution in [0.1, 0.15) is 162 Å². The van der Waals surface area contributed by atoms with E-state index in [-0.39, 0.29) is 158 Å². The molecule has 0 radical (unpaired) electrons. The summed E-state index contributed by atoms with van der Waals surface area (Å²) in [6.07, 6.45) is -1.49.